The molecular formula is C13H14BrN3O3S. The van der Waals surface area contributed by atoms with Crippen LogP contribution in [0.1, 0.15) is 10.6 Å². The molecule has 0 spiro atoms. The van der Waals surface area contributed by atoms with E-state index < -0.39 is 5.91 Å². The average Bonchev–Trinajstić information content (AvgIpc) is 2.62. The van der Waals surface area contributed by atoms with Crippen molar-refractivity contribution < 1.29 is 4.79 Å². The van der Waals surface area contributed by atoms with Crippen molar-refractivity contribution in [2.45, 2.75) is 20.4 Å². The van der Waals surface area contributed by atoms with Crippen molar-refractivity contribution in [3.8, 4) is 0 Å². The molecule has 0 aromatic carbocycles. The molecule has 0 aliphatic carbocycles. The molecule has 1 amide bonds. The predicted octanol–water partition coefficient (Wildman–Crippen LogP) is 1.63. The molecule has 2 aromatic heterocycles. The summed E-state index contributed by atoms with van der Waals surface area (Å²) in [5.41, 5.74) is 0.642. The maximum atomic E-state index is 12.0. The second-order valence-corrected chi connectivity index (χ2v) is 6.68. The Bertz CT molecular complexity index is 819. The third-order valence-corrected chi connectivity index (χ3v) is 4.62. The lowest BCUT2D eigenvalue weighted by Crippen LogP contribution is -2.27. The van der Waals surface area contributed by atoms with Crippen molar-refractivity contribution in [3.63, 3.8) is 0 Å². The minimum absolute atomic E-state index is 0.106. The molecule has 0 aliphatic heterocycles. The molecule has 1 N–H and O–H groups in total. The Morgan fingerprint density at radius 1 is 1.33 bits per heavy atom. The molecular weight excluding hydrogens is 358 g/mol. The summed E-state index contributed by atoms with van der Waals surface area (Å²) in [7, 11) is 1.75. The predicted molar refractivity (Wildman–Crippen MR) is 86.1 cm³/mol. The van der Waals surface area contributed by atoms with Gasteiger partial charge in [0.15, 0.2) is 0 Å². The first-order chi connectivity index (χ1) is 9.79. The van der Waals surface area contributed by atoms with Crippen molar-refractivity contribution in [3.05, 3.63) is 47.3 Å². The Morgan fingerprint density at radius 3 is 2.57 bits per heavy atom. The zero-order chi connectivity index (χ0) is 15.7. The summed E-state index contributed by atoms with van der Waals surface area (Å²) in [5, 5.41) is 2.55. The van der Waals surface area contributed by atoms with Gasteiger partial charge in [-0.2, -0.15) is 0 Å². The Labute approximate surface area is 133 Å². The van der Waals surface area contributed by atoms with Gasteiger partial charge in [-0.3, -0.25) is 19.0 Å². The van der Waals surface area contributed by atoms with Crippen LogP contribution in [0.4, 0.5) is 5.69 Å². The molecule has 0 unspecified atom stereocenters. The van der Waals surface area contributed by atoms with Crippen molar-refractivity contribution in [2.75, 3.05) is 5.32 Å². The van der Waals surface area contributed by atoms with E-state index >= 15 is 0 Å². The number of nitrogens with one attached hydrogen (secondary N) is 1. The molecule has 2 heterocycles. The van der Waals surface area contributed by atoms with Crippen molar-refractivity contribution in [2.24, 2.45) is 7.05 Å². The number of nitrogens with zero attached hydrogens (tertiary/aromatic N) is 2. The van der Waals surface area contributed by atoms with Crippen molar-refractivity contribution in [1.29, 1.82) is 0 Å². The molecule has 0 fully saturated rings. The smallest absolute Gasteiger partial charge is 0.308 e. The third kappa shape index (κ3) is 3.33. The maximum absolute atomic E-state index is 12.0. The van der Waals surface area contributed by atoms with Gasteiger partial charge in [-0.1, -0.05) is 11.3 Å². The number of rotatable bonds is 3. The summed E-state index contributed by atoms with van der Waals surface area (Å²) >= 11 is 4.25. The van der Waals surface area contributed by atoms with E-state index in [1.54, 1.807) is 24.7 Å². The maximum Gasteiger partial charge on any atom is 0.308 e. The highest BCUT2D eigenvalue weighted by Gasteiger charge is 2.13. The second kappa shape index (κ2) is 5.98. The van der Waals surface area contributed by atoms with Crippen molar-refractivity contribution in [1.82, 2.24) is 9.13 Å². The number of halogens is 1. The Kier molecular flexibility index (Phi) is 4.48. The van der Waals surface area contributed by atoms with Gasteiger partial charge in [-0.25, -0.2) is 0 Å². The van der Waals surface area contributed by atoms with Crippen LogP contribution in [0, 0.1) is 13.8 Å². The van der Waals surface area contributed by atoms with Crippen molar-refractivity contribution >= 4 is 38.9 Å². The molecule has 0 aliphatic rings. The molecule has 0 radical (unpaired) electrons. The van der Waals surface area contributed by atoms with Crippen LogP contribution in [0.15, 0.2) is 26.5 Å². The standard InChI is InChI=1S/C13H14BrN3O3S/c1-7-8(2)21-13(20)17(7)6-11(18)15-10-5-16(3)4-9(14)12(10)19/h4-5H,6H2,1-3H3,(H,15,18). The van der Waals surface area contributed by atoms with E-state index in [0.717, 1.165) is 21.9 Å². The van der Waals surface area contributed by atoms with E-state index in [9.17, 15) is 14.4 Å². The lowest BCUT2D eigenvalue weighted by molar-refractivity contribution is -0.116. The van der Waals surface area contributed by atoms with Gasteiger partial charge in [-0.15, -0.1) is 0 Å². The first-order valence-corrected chi connectivity index (χ1v) is 7.73. The van der Waals surface area contributed by atoms with Gasteiger partial charge >= 0.3 is 4.87 Å². The summed E-state index contributed by atoms with van der Waals surface area (Å²) in [5.74, 6) is -0.409. The number of anilines is 1. The average molecular weight is 372 g/mol. The molecule has 0 saturated heterocycles. The fourth-order valence-electron chi connectivity index (χ4n) is 1.86. The van der Waals surface area contributed by atoms with Gasteiger partial charge in [0.25, 0.3) is 0 Å². The zero-order valence-electron chi connectivity index (χ0n) is 11.8. The molecule has 21 heavy (non-hydrogen) atoms. The van der Waals surface area contributed by atoms with Gasteiger partial charge < -0.3 is 9.88 Å². The molecule has 112 valence electrons. The molecule has 0 saturated carbocycles. The molecule has 2 rings (SSSR count). The SMILES string of the molecule is Cc1sc(=O)n(CC(=O)Nc2cn(C)cc(Br)c2=O)c1C. The minimum atomic E-state index is -0.409. The Morgan fingerprint density at radius 2 is 2.00 bits per heavy atom. The van der Waals surface area contributed by atoms with E-state index in [1.165, 1.54) is 10.8 Å². The number of hydrogen-bond acceptors (Lipinski definition) is 4. The normalized spacial score (nSPS) is 10.7. The van der Waals surface area contributed by atoms with Gasteiger partial charge in [0, 0.05) is 30.0 Å². The lowest BCUT2D eigenvalue weighted by atomic mass is 10.3. The first-order valence-electron chi connectivity index (χ1n) is 6.12. The summed E-state index contributed by atoms with van der Waals surface area (Å²) in [6, 6.07) is 0. The van der Waals surface area contributed by atoms with Crippen LogP contribution in [0.25, 0.3) is 0 Å². The fraction of sp³-hybridized carbons (Fsp3) is 0.308. The van der Waals surface area contributed by atoms with Crippen LogP contribution >= 0.6 is 27.3 Å². The number of thiazole rings is 1. The van der Waals surface area contributed by atoms with Crippen LogP contribution in [-0.2, 0) is 18.4 Å². The summed E-state index contributed by atoms with van der Waals surface area (Å²) in [4.78, 5) is 36.4. The second-order valence-electron chi connectivity index (χ2n) is 4.66. The number of aromatic nitrogens is 2. The lowest BCUT2D eigenvalue weighted by Gasteiger charge is -2.08. The topological polar surface area (TPSA) is 73.1 Å². The monoisotopic (exact) mass is 371 g/mol. The number of carbonyl (C=O) groups excluding carboxylic acids is 1. The quantitative estimate of drug-likeness (QED) is 0.890. The van der Waals surface area contributed by atoms with Crippen LogP contribution in [0.3, 0.4) is 0 Å². The van der Waals surface area contributed by atoms with E-state index in [1.807, 2.05) is 6.92 Å². The summed E-state index contributed by atoms with van der Waals surface area (Å²) in [6.45, 7) is 3.52. The summed E-state index contributed by atoms with van der Waals surface area (Å²) in [6.07, 6.45) is 3.13. The number of pyridine rings is 1. The minimum Gasteiger partial charge on any atom is -0.354 e. The van der Waals surface area contributed by atoms with Gasteiger partial charge in [-0.05, 0) is 29.8 Å². The molecule has 2 aromatic rings. The number of carbonyl (C=O) groups is 1. The molecule has 0 bridgehead atoms. The number of hydrogen-bond donors (Lipinski definition) is 1. The van der Waals surface area contributed by atoms with Gasteiger partial charge in [0.1, 0.15) is 12.2 Å². The van der Waals surface area contributed by atoms with E-state index in [-0.39, 0.29) is 22.5 Å². The fourth-order valence-corrected chi connectivity index (χ4v) is 3.23. The van der Waals surface area contributed by atoms with Gasteiger partial charge in [0.2, 0.25) is 11.3 Å². The van der Waals surface area contributed by atoms with E-state index in [0.29, 0.717) is 4.47 Å². The van der Waals surface area contributed by atoms with Gasteiger partial charge in [0.05, 0.1) is 4.47 Å². The van der Waals surface area contributed by atoms with Crippen LogP contribution in [-0.4, -0.2) is 15.0 Å². The first kappa shape index (κ1) is 15.7. The summed E-state index contributed by atoms with van der Waals surface area (Å²) < 4.78 is 3.42. The van der Waals surface area contributed by atoms with Crippen LogP contribution < -0.4 is 15.6 Å². The third-order valence-electron chi connectivity index (χ3n) is 3.06. The molecule has 6 nitrogen and oxygen atoms in total. The Balaban J connectivity index is 2.24. The zero-order valence-corrected chi connectivity index (χ0v) is 14.2. The highest BCUT2D eigenvalue weighted by atomic mass is 79.9. The highest BCUT2D eigenvalue weighted by Crippen LogP contribution is 2.10. The molecule has 0 atom stereocenters. The van der Waals surface area contributed by atoms with E-state index in [4.69, 9.17) is 0 Å². The highest BCUT2D eigenvalue weighted by molar-refractivity contribution is 9.10. The Hall–Kier alpha value is -1.67. The largest absolute Gasteiger partial charge is 0.354 e. The number of amides is 1. The molecule has 8 heteroatoms. The number of aryl methyl sites for hydroxylation is 2. The van der Waals surface area contributed by atoms with Crippen LogP contribution in [0.2, 0.25) is 0 Å². The van der Waals surface area contributed by atoms with Crippen LogP contribution in [0.5, 0.6) is 0 Å². The van der Waals surface area contributed by atoms with E-state index in [2.05, 4.69) is 21.2 Å².